The van der Waals surface area contributed by atoms with Gasteiger partial charge in [0.05, 0.1) is 6.07 Å². The van der Waals surface area contributed by atoms with Gasteiger partial charge in [0, 0.05) is 13.1 Å². The Kier molecular flexibility index (Phi) is 4.16. The van der Waals surface area contributed by atoms with Gasteiger partial charge in [-0.2, -0.15) is 14.0 Å². The molecular weight excluding hydrogens is 254 g/mol. The molecule has 1 fully saturated rings. The molecule has 1 saturated heterocycles. The van der Waals surface area contributed by atoms with Crippen molar-refractivity contribution in [2.75, 3.05) is 20.1 Å². The molecule has 0 unspecified atom stereocenters. The number of amides is 1. The van der Waals surface area contributed by atoms with Crippen LogP contribution in [0.1, 0.15) is 12.8 Å². The smallest absolute Gasteiger partial charge is 0.332 e. The summed E-state index contributed by atoms with van der Waals surface area (Å²) in [4.78, 5) is 13.0. The van der Waals surface area contributed by atoms with Gasteiger partial charge in [0.1, 0.15) is 5.54 Å². The second-order valence-electron chi connectivity index (χ2n) is 4.37. The highest BCUT2D eigenvalue weighted by atomic mass is 19.3. The number of piperidine rings is 1. The third-order valence-corrected chi connectivity index (χ3v) is 2.98. The Morgan fingerprint density at radius 1 is 1.44 bits per heavy atom. The molecule has 4 nitrogen and oxygen atoms in total. The molecule has 8 heteroatoms. The van der Waals surface area contributed by atoms with E-state index in [0.717, 1.165) is 0 Å². The molecule has 0 aromatic carbocycles. The van der Waals surface area contributed by atoms with E-state index in [0.29, 0.717) is 13.1 Å². The van der Waals surface area contributed by atoms with Gasteiger partial charge < -0.3 is 10.2 Å². The number of nitrogens with one attached hydrogen (secondary N) is 1. The largest absolute Gasteiger partial charge is 0.383 e. The zero-order chi connectivity index (χ0) is 14.0. The minimum atomic E-state index is -4.77. The number of hydrogen-bond acceptors (Lipinski definition) is 3. The van der Waals surface area contributed by atoms with Crippen molar-refractivity contribution < 1.29 is 22.4 Å². The van der Waals surface area contributed by atoms with E-state index in [9.17, 15) is 22.4 Å². The van der Waals surface area contributed by atoms with Gasteiger partial charge in [-0.3, -0.25) is 4.79 Å². The van der Waals surface area contributed by atoms with Crippen LogP contribution in [0.5, 0.6) is 0 Å². The van der Waals surface area contributed by atoms with E-state index in [1.807, 2.05) is 4.90 Å². The number of carbonyl (C=O) groups excluding carboxylic acids is 1. The predicted molar refractivity (Wildman–Crippen MR) is 54.2 cm³/mol. The Morgan fingerprint density at radius 2 is 1.94 bits per heavy atom. The molecule has 1 rings (SSSR count). The molecule has 0 aliphatic carbocycles. The van der Waals surface area contributed by atoms with E-state index in [1.165, 1.54) is 0 Å². The highest BCUT2D eigenvalue weighted by Gasteiger charge is 2.51. The minimum Gasteiger partial charge on any atom is -0.332 e. The lowest BCUT2D eigenvalue weighted by Gasteiger charge is -2.36. The second kappa shape index (κ2) is 5.10. The normalized spacial score (nSPS) is 20.5. The lowest BCUT2D eigenvalue weighted by atomic mass is 9.89. The average molecular weight is 267 g/mol. The van der Waals surface area contributed by atoms with Crippen LogP contribution in [0, 0.1) is 11.3 Å². The lowest BCUT2D eigenvalue weighted by molar-refractivity contribution is -0.171. The van der Waals surface area contributed by atoms with Crippen molar-refractivity contribution in [2.24, 2.45) is 0 Å². The zero-order valence-electron chi connectivity index (χ0n) is 9.72. The highest BCUT2D eigenvalue weighted by molar-refractivity contribution is 5.85. The molecule has 18 heavy (non-hydrogen) atoms. The van der Waals surface area contributed by atoms with Gasteiger partial charge in [0.15, 0.2) is 0 Å². The van der Waals surface area contributed by atoms with Gasteiger partial charge >= 0.3 is 12.3 Å². The number of nitrogens with zero attached hydrogens (tertiary/aromatic N) is 2. The molecule has 1 aliphatic rings. The van der Waals surface area contributed by atoms with E-state index >= 15 is 0 Å². The quantitative estimate of drug-likeness (QED) is 0.776. The molecule has 0 saturated carbocycles. The predicted octanol–water partition coefficient (Wildman–Crippen LogP) is 0.991. The first-order valence-electron chi connectivity index (χ1n) is 5.32. The summed E-state index contributed by atoms with van der Waals surface area (Å²) in [7, 11) is 1.77. The van der Waals surface area contributed by atoms with E-state index in [1.54, 1.807) is 18.4 Å². The van der Waals surface area contributed by atoms with Crippen LogP contribution in [0.15, 0.2) is 0 Å². The van der Waals surface area contributed by atoms with Crippen molar-refractivity contribution in [3.05, 3.63) is 0 Å². The van der Waals surface area contributed by atoms with Gasteiger partial charge in [-0.05, 0) is 19.9 Å². The molecular formula is C10H13F4N3O. The van der Waals surface area contributed by atoms with Gasteiger partial charge in [0.25, 0.3) is 5.91 Å². The number of alkyl halides is 4. The van der Waals surface area contributed by atoms with Crippen molar-refractivity contribution in [3.63, 3.8) is 0 Å². The Morgan fingerprint density at radius 3 is 2.33 bits per heavy atom. The summed E-state index contributed by atoms with van der Waals surface area (Å²) in [5, 5.41) is 10.7. The Bertz CT molecular complexity index is 359. The fourth-order valence-corrected chi connectivity index (χ4v) is 1.66. The van der Waals surface area contributed by atoms with Gasteiger partial charge in [-0.1, -0.05) is 0 Å². The third kappa shape index (κ3) is 2.90. The first kappa shape index (κ1) is 14.7. The third-order valence-electron chi connectivity index (χ3n) is 2.98. The number of halogens is 4. The SMILES string of the molecule is CN1CCC(C#N)(NC(=O)C(F)(F)C(F)F)CC1. The molecule has 1 aliphatic heterocycles. The summed E-state index contributed by atoms with van der Waals surface area (Å²) in [6.45, 7) is 0.849. The maximum atomic E-state index is 12.8. The summed E-state index contributed by atoms with van der Waals surface area (Å²) in [6.07, 6.45) is -3.82. The van der Waals surface area contributed by atoms with Crippen LogP contribution in [0.2, 0.25) is 0 Å². The van der Waals surface area contributed by atoms with Crippen LogP contribution in [0.3, 0.4) is 0 Å². The Labute approximate surface area is 102 Å². The number of hydrogen-bond donors (Lipinski definition) is 1. The highest BCUT2D eigenvalue weighted by Crippen LogP contribution is 2.27. The zero-order valence-corrected chi connectivity index (χ0v) is 9.72. The topological polar surface area (TPSA) is 56.1 Å². The van der Waals surface area contributed by atoms with E-state index < -0.39 is 23.8 Å². The van der Waals surface area contributed by atoms with Crippen LogP contribution in [0.25, 0.3) is 0 Å². The molecule has 0 bridgehead atoms. The fourth-order valence-electron chi connectivity index (χ4n) is 1.66. The number of likely N-dealkylation sites (tertiary alicyclic amines) is 1. The van der Waals surface area contributed by atoms with Gasteiger partial charge in [0.2, 0.25) is 0 Å². The number of rotatable bonds is 3. The molecule has 0 aromatic heterocycles. The summed E-state index contributed by atoms with van der Waals surface area (Å²) >= 11 is 0. The average Bonchev–Trinajstić information content (AvgIpc) is 2.32. The molecule has 0 radical (unpaired) electrons. The summed E-state index contributed by atoms with van der Waals surface area (Å²) in [5.74, 6) is -6.86. The molecule has 1 amide bonds. The summed E-state index contributed by atoms with van der Waals surface area (Å²) in [5.41, 5.74) is -1.48. The van der Waals surface area contributed by atoms with Crippen LogP contribution < -0.4 is 5.32 Å². The van der Waals surface area contributed by atoms with Gasteiger partial charge in [-0.15, -0.1) is 0 Å². The van der Waals surface area contributed by atoms with Crippen molar-refractivity contribution in [1.82, 2.24) is 10.2 Å². The fraction of sp³-hybridized carbons (Fsp3) is 0.800. The summed E-state index contributed by atoms with van der Waals surface area (Å²) in [6, 6.07) is 1.74. The Hall–Kier alpha value is -1.36. The first-order valence-corrected chi connectivity index (χ1v) is 5.32. The lowest BCUT2D eigenvalue weighted by Crippen LogP contribution is -2.58. The molecule has 0 aromatic rings. The van der Waals surface area contributed by atoms with Crippen molar-refractivity contribution in [1.29, 1.82) is 5.26 Å². The number of nitriles is 1. The number of carbonyl (C=O) groups is 1. The van der Waals surface area contributed by atoms with Crippen LogP contribution in [0.4, 0.5) is 17.6 Å². The maximum Gasteiger partial charge on any atom is 0.383 e. The molecule has 1 N–H and O–H groups in total. The second-order valence-corrected chi connectivity index (χ2v) is 4.37. The van der Waals surface area contributed by atoms with Crippen LogP contribution in [-0.2, 0) is 4.79 Å². The first-order chi connectivity index (χ1) is 8.23. The minimum absolute atomic E-state index is 0.130. The Balaban J connectivity index is 2.76. The van der Waals surface area contributed by atoms with Crippen molar-refractivity contribution in [2.45, 2.75) is 30.7 Å². The molecule has 0 spiro atoms. The van der Waals surface area contributed by atoms with E-state index in [4.69, 9.17) is 5.26 Å². The van der Waals surface area contributed by atoms with Crippen molar-refractivity contribution >= 4 is 5.91 Å². The van der Waals surface area contributed by atoms with E-state index in [2.05, 4.69) is 0 Å². The van der Waals surface area contributed by atoms with E-state index in [-0.39, 0.29) is 12.8 Å². The standard InChI is InChI=1S/C10H13F4N3O/c1-17-4-2-9(6-15,3-5-17)16-8(18)10(13,14)7(11)12/h7H,2-5H2,1H3,(H,16,18). The van der Waals surface area contributed by atoms with Crippen LogP contribution >= 0.6 is 0 Å². The van der Waals surface area contributed by atoms with Crippen molar-refractivity contribution in [3.8, 4) is 6.07 Å². The van der Waals surface area contributed by atoms with Gasteiger partial charge in [-0.25, -0.2) is 8.78 Å². The van der Waals surface area contributed by atoms with Crippen LogP contribution in [-0.4, -0.2) is 48.8 Å². The monoisotopic (exact) mass is 267 g/mol. The summed E-state index contributed by atoms with van der Waals surface area (Å²) < 4.78 is 49.6. The maximum absolute atomic E-state index is 12.8. The molecule has 0 atom stereocenters. The molecule has 102 valence electrons. The molecule has 1 heterocycles.